The van der Waals surface area contributed by atoms with Crippen molar-refractivity contribution in [2.24, 2.45) is 0 Å². The van der Waals surface area contributed by atoms with Crippen molar-refractivity contribution in [3.05, 3.63) is 0 Å². The van der Waals surface area contributed by atoms with Crippen LogP contribution in [0, 0.1) is 0 Å². The van der Waals surface area contributed by atoms with Crippen molar-refractivity contribution >= 4 is 0 Å². The molecule has 123 valence electrons. The summed E-state index contributed by atoms with van der Waals surface area (Å²) in [4.78, 5) is 2.27. The number of likely N-dealkylation sites (tertiary alicyclic amines) is 1. The van der Waals surface area contributed by atoms with Crippen LogP contribution in [0.2, 0.25) is 0 Å². The first-order valence-corrected chi connectivity index (χ1v) is 8.17. The Hall–Kier alpha value is -0.240. The number of nitrogens with zero attached hydrogens (tertiary/aromatic N) is 1. The zero-order valence-corrected chi connectivity index (χ0v) is 13.6. The van der Waals surface area contributed by atoms with Gasteiger partial charge in [0.1, 0.15) is 0 Å². The number of likely N-dealkylation sites (N-methyl/N-ethyl adjacent to an activating group) is 2. The van der Waals surface area contributed by atoms with E-state index in [2.05, 4.69) is 22.6 Å². The first-order valence-electron chi connectivity index (χ1n) is 8.17. The van der Waals surface area contributed by atoms with Gasteiger partial charge < -0.3 is 20.1 Å². The monoisotopic (exact) mass is 300 g/mol. The van der Waals surface area contributed by atoms with Crippen LogP contribution >= 0.6 is 0 Å². The predicted octanol–water partition coefficient (Wildman–Crippen LogP) is 0.558. The fourth-order valence-electron chi connectivity index (χ4n) is 3.68. The average Bonchev–Trinajstić information content (AvgIpc) is 3.14. The normalized spacial score (nSPS) is 31.4. The van der Waals surface area contributed by atoms with Gasteiger partial charge in [-0.1, -0.05) is 6.92 Å². The van der Waals surface area contributed by atoms with Crippen LogP contribution in [-0.2, 0) is 14.6 Å². The Morgan fingerprint density at radius 2 is 2.24 bits per heavy atom. The van der Waals surface area contributed by atoms with Crippen molar-refractivity contribution in [3.8, 4) is 0 Å². The molecule has 0 amide bonds. The molecule has 6 heteroatoms. The molecule has 0 aromatic carbocycles. The average molecular weight is 300 g/mol. The molecule has 0 spiro atoms. The van der Waals surface area contributed by atoms with E-state index in [1.165, 1.54) is 0 Å². The third-order valence-corrected chi connectivity index (χ3v) is 4.73. The van der Waals surface area contributed by atoms with Gasteiger partial charge in [-0.2, -0.15) is 0 Å². The molecule has 2 rings (SSSR count). The Morgan fingerprint density at radius 1 is 1.43 bits per heavy atom. The van der Waals surface area contributed by atoms with Gasteiger partial charge in [-0.25, -0.2) is 5.11 Å². The highest BCUT2D eigenvalue weighted by Gasteiger charge is 2.52. The molecule has 2 heterocycles. The van der Waals surface area contributed by atoms with Crippen LogP contribution in [-0.4, -0.2) is 69.4 Å². The van der Waals surface area contributed by atoms with Gasteiger partial charge in [0.05, 0.1) is 12.1 Å². The van der Waals surface area contributed by atoms with Crippen molar-refractivity contribution in [3.63, 3.8) is 0 Å². The first-order chi connectivity index (χ1) is 10.1. The van der Waals surface area contributed by atoms with Crippen molar-refractivity contribution in [1.82, 2.24) is 15.5 Å². The van der Waals surface area contributed by atoms with Crippen LogP contribution in [0.25, 0.3) is 0 Å². The highest BCUT2D eigenvalue weighted by Crippen LogP contribution is 2.36. The van der Waals surface area contributed by atoms with E-state index in [0.29, 0.717) is 6.54 Å². The zero-order valence-electron chi connectivity index (χ0n) is 13.6. The molecule has 0 aromatic rings. The quantitative estimate of drug-likeness (QED) is 0.641. The van der Waals surface area contributed by atoms with Crippen LogP contribution in [0.15, 0.2) is 0 Å². The molecule has 4 atom stereocenters. The Labute approximate surface area is 128 Å². The third-order valence-electron chi connectivity index (χ3n) is 4.73. The van der Waals surface area contributed by atoms with Crippen LogP contribution in [0.4, 0.5) is 0 Å². The van der Waals surface area contributed by atoms with E-state index >= 15 is 0 Å². The molecule has 0 saturated carbocycles. The third kappa shape index (κ3) is 3.75. The smallest absolute Gasteiger partial charge is 0.207 e. The van der Waals surface area contributed by atoms with E-state index in [1.807, 2.05) is 6.92 Å². The maximum absolute atomic E-state index is 12.3. The lowest BCUT2D eigenvalue weighted by atomic mass is 9.94. The minimum absolute atomic E-state index is 0.0890. The summed E-state index contributed by atoms with van der Waals surface area (Å²) in [5.74, 6) is -0.844. The van der Waals surface area contributed by atoms with E-state index in [4.69, 9.17) is 9.47 Å². The zero-order chi connectivity index (χ0) is 15.3. The first kappa shape index (κ1) is 17.1. The highest BCUT2D eigenvalue weighted by molar-refractivity contribution is 5.00. The Balaban J connectivity index is 2.14. The summed E-state index contributed by atoms with van der Waals surface area (Å²) in [6.07, 6.45) is 3.12. The van der Waals surface area contributed by atoms with Gasteiger partial charge >= 0.3 is 0 Å². The summed E-state index contributed by atoms with van der Waals surface area (Å²) in [6.45, 7) is 5.06. The fraction of sp³-hybridized carbons (Fsp3) is 1.00. The van der Waals surface area contributed by atoms with Crippen LogP contribution < -0.4 is 10.6 Å². The van der Waals surface area contributed by atoms with Crippen molar-refractivity contribution < 1.29 is 14.6 Å². The lowest BCUT2D eigenvalue weighted by molar-refractivity contribution is -0.330. The van der Waals surface area contributed by atoms with E-state index in [9.17, 15) is 5.11 Å². The number of hydrogen-bond acceptors (Lipinski definition) is 5. The number of hydrogen-bond donors (Lipinski definition) is 2. The maximum atomic E-state index is 12.3. The largest absolute Gasteiger partial charge is 0.350 e. The summed E-state index contributed by atoms with van der Waals surface area (Å²) < 4.78 is 11.9. The molecule has 1 radical (unpaired) electrons. The second-order valence-corrected chi connectivity index (χ2v) is 6.07. The molecular formula is C15H30N3O3. The number of nitrogens with one attached hydrogen (secondary N) is 2. The number of rotatable bonds is 8. The second-order valence-electron chi connectivity index (χ2n) is 6.07. The molecule has 2 unspecified atom stereocenters. The van der Waals surface area contributed by atoms with Crippen molar-refractivity contribution in [2.75, 3.05) is 40.3 Å². The molecular weight excluding hydrogens is 270 g/mol. The van der Waals surface area contributed by atoms with Crippen LogP contribution in [0.1, 0.15) is 32.6 Å². The molecule has 2 fully saturated rings. The molecule has 21 heavy (non-hydrogen) atoms. The SMILES string of the molecule is CCNCC([O])OC(OC)([C@H]1CCCN1)[C@H]1CCCN1C. The molecule has 0 bridgehead atoms. The minimum Gasteiger partial charge on any atom is -0.350 e. The van der Waals surface area contributed by atoms with Gasteiger partial charge in [0, 0.05) is 13.7 Å². The summed E-state index contributed by atoms with van der Waals surface area (Å²) in [7, 11) is 3.76. The van der Waals surface area contributed by atoms with E-state index in [-0.39, 0.29) is 12.1 Å². The maximum Gasteiger partial charge on any atom is 0.207 e. The van der Waals surface area contributed by atoms with Crippen molar-refractivity contribution in [1.29, 1.82) is 0 Å². The molecule has 0 aromatic heterocycles. The molecule has 2 aliphatic heterocycles. The van der Waals surface area contributed by atoms with Crippen molar-refractivity contribution in [2.45, 2.75) is 56.8 Å². The van der Waals surface area contributed by atoms with Gasteiger partial charge in [0.15, 0.2) is 0 Å². The van der Waals surface area contributed by atoms with Crippen LogP contribution in [0.5, 0.6) is 0 Å². The van der Waals surface area contributed by atoms with Gasteiger partial charge in [-0.3, -0.25) is 4.90 Å². The van der Waals surface area contributed by atoms with Gasteiger partial charge in [-0.15, -0.1) is 0 Å². The van der Waals surface area contributed by atoms with Gasteiger partial charge in [-0.05, 0) is 52.4 Å². The molecule has 2 aliphatic rings. The number of ether oxygens (including phenoxy) is 2. The van der Waals surface area contributed by atoms with E-state index in [0.717, 1.165) is 45.3 Å². The predicted molar refractivity (Wildman–Crippen MR) is 80.5 cm³/mol. The summed E-state index contributed by atoms with van der Waals surface area (Å²) >= 11 is 0. The van der Waals surface area contributed by atoms with Gasteiger partial charge in [0.2, 0.25) is 12.1 Å². The lowest BCUT2D eigenvalue weighted by Crippen LogP contribution is -2.63. The topological polar surface area (TPSA) is 65.7 Å². The summed E-state index contributed by atoms with van der Waals surface area (Å²) in [6, 6.07) is 0.224. The number of methoxy groups -OCH3 is 1. The van der Waals surface area contributed by atoms with E-state index < -0.39 is 12.1 Å². The van der Waals surface area contributed by atoms with Gasteiger partial charge in [0.25, 0.3) is 0 Å². The fourth-order valence-corrected chi connectivity index (χ4v) is 3.68. The second kappa shape index (κ2) is 7.85. The summed E-state index contributed by atoms with van der Waals surface area (Å²) in [5.41, 5.74) is 0. The minimum atomic E-state index is -1.11. The molecule has 0 aliphatic carbocycles. The molecule has 2 N–H and O–H groups in total. The highest BCUT2D eigenvalue weighted by atomic mass is 16.7. The lowest BCUT2D eigenvalue weighted by Gasteiger charge is -2.45. The van der Waals surface area contributed by atoms with Crippen LogP contribution in [0.3, 0.4) is 0 Å². The Kier molecular flexibility index (Phi) is 6.40. The standard InChI is InChI=1S/C15H30N3O3/c1-4-16-11-14(19)21-15(20-3,12-7-5-9-17-12)13-8-6-10-18(13)2/h12-14,16-17H,4-11H2,1-3H3/t12-,13-,14?,15?/m1/s1. The molecule has 6 nitrogen and oxygen atoms in total. The Morgan fingerprint density at radius 3 is 2.76 bits per heavy atom. The Bertz CT molecular complexity index is 313. The summed E-state index contributed by atoms with van der Waals surface area (Å²) in [5, 5.41) is 18.8. The molecule has 2 saturated heterocycles. The van der Waals surface area contributed by atoms with E-state index in [1.54, 1.807) is 7.11 Å².